The van der Waals surface area contributed by atoms with Crippen LogP contribution >= 0.6 is 23.4 Å². The maximum Gasteiger partial charge on any atom is 0.215 e. The van der Waals surface area contributed by atoms with Gasteiger partial charge in [0.15, 0.2) is 0 Å². The number of hydrogen-bond donors (Lipinski definition) is 1. The summed E-state index contributed by atoms with van der Waals surface area (Å²) in [6.45, 7) is 1.78. The number of aromatic amines is 1. The Morgan fingerprint density at radius 3 is 2.70 bits per heavy atom. The van der Waals surface area contributed by atoms with E-state index in [9.17, 15) is 0 Å². The molecule has 0 aliphatic rings. The smallest absolute Gasteiger partial charge is 0.215 e. The van der Waals surface area contributed by atoms with Gasteiger partial charge >= 0.3 is 0 Å². The Morgan fingerprint density at radius 2 is 2.30 bits per heavy atom. The van der Waals surface area contributed by atoms with Gasteiger partial charge in [-0.2, -0.15) is 5.10 Å². The second-order valence-corrected chi connectivity index (χ2v) is 2.19. The van der Waals surface area contributed by atoms with Crippen molar-refractivity contribution in [3.63, 3.8) is 0 Å². The highest BCUT2D eigenvalue weighted by Gasteiger charge is 2.04. The van der Waals surface area contributed by atoms with E-state index in [4.69, 9.17) is 23.4 Å². The Bertz CT molecular complexity index is 254. The van der Waals surface area contributed by atoms with Gasteiger partial charge in [-0.15, -0.1) is 5.11 Å². The van der Waals surface area contributed by atoms with Crippen molar-refractivity contribution in [3.8, 4) is 0 Å². The fourth-order valence-corrected chi connectivity index (χ4v) is 0.699. The lowest BCUT2D eigenvalue weighted by molar-refractivity contribution is 1.03. The fraction of sp³-hybridized carbons (Fsp3) is 0.250. The van der Waals surface area contributed by atoms with Crippen LogP contribution in [0.3, 0.4) is 0 Å². The molecule has 0 fully saturated rings. The Balaban J connectivity index is 3.05. The number of halogens is 2. The van der Waals surface area contributed by atoms with E-state index in [1.165, 1.54) is 0 Å². The summed E-state index contributed by atoms with van der Waals surface area (Å²) in [7, 11) is 0. The Morgan fingerprint density at radius 1 is 1.60 bits per heavy atom. The summed E-state index contributed by atoms with van der Waals surface area (Å²) in [4.78, 5) is 0. The van der Waals surface area contributed by atoms with Gasteiger partial charge in [-0.25, -0.2) is 0 Å². The molecule has 1 aromatic heterocycles. The second-order valence-electron chi connectivity index (χ2n) is 1.66. The molecule has 0 amide bonds. The molecule has 0 spiro atoms. The average Bonchev–Trinajstić information content (AvgIpc) is 2.20. The van der Waals surface area contributed by atoms with Gasteiger partial charge in [0.2, 0.25) is 5.82 Å². The molecular weight excluding hydrogens is 175 g/mol. The summed E-state index contributed by atoms with van der Waals surface area (Å²) in [5, 5.41) is 10.2. The standard InChI is InChI=1S/C4H4Cl2N4/c1-2-3(5)4(8-7-2)9-10-6/h1H3,(H,7,8). The zero-order valence-corrected chi connectivity index (χ0v) is 6.61. The van der Waals surface area contributed by atoms with E-state index in [0.717, 1.165) is 5.69 Å². The highest BCUT2D eigenvalue weighted by Crippen LogP contribution is 2.24. The second kappa shape index (κ2) is 2.98. The lowest BCUT2D eigenvalue weighted by atomic mass is 10.5. The van der Waals surface area contributed by atoms with E-state index in [2.05, 4.69) is 19.9 Å². The molecule has 0 saturated carbocycles. The highest BCUT2D eigenvalue weighted by molar-refractivity contribution is 6.33. The zero-order chi connectivity index (χ0) is 7.56. The first kappa shape index (κ1) is 7.50. The molecule has 1 heterocycles. The average molecular weight is 179 g/mol. The van der Waals surface area contributed by atoms with Gasteiger partial charge in [-0.05, 0) is 6.92 Å². The molecule has 6 heteroatoms. The van der Waals surface area contributed by atoms with Crippen LogP contribution in [0.1, 0.15) is 5.69 Å². The number of H-pyrrole nitrogens is 1. The molecular formula is C4H4Cl2N4. The normalized spacial score (nSPS) is 11.1. The number of hydrogen-bond acceptors (Lipinski definition) is 3. The Kier molecular flexibility index (Phi) is 2.24. The van der Waals surface area contributed by atoms with Crippen LogP contribution < -0.4 is 0 Å². The third-order valence-electron chi connectivity index (χ3n) is 0.988. The van der Waals surface area contributed by atoms with Gasteiger partial charge in [0.05, 0.1) is 17.5 Å². The highest BCUT2D eigenvalue weighted by atomic mass is 35.5. The Labute approximate surface area is 67.4 Å². The molecule has 0 atom stereocenters. The number of nitrogens with one attached hydrogen (secondary N) is 1. The fourth-order valence-electron chi connectivity index (χ4n) is 0.505. The van der Waals surface area contributed by atoms with E-state index >= 15 is 0 Å². The quantitative estimate of drug-likeness (QED) is 0.661. The predicted molar refractivity (Wildman–Crippen MR) is 38.7 cm³/mol. The van der Waals surface area contributed by atoms with Crippen LogP contribution in [0.4, 0.5) is 5.82 Å². The van der Waals surface area contributed by atoms with Crippen molar-refractivity contribution in [3.05, 3.63) is 10.7 Å². The molecule has 54 valence electrons. The van der Waals surface area contributed by atoms with Crippen molar-refractivity contribution in [2.24, 2.45) is 9.75 Å². The van der Waals surface area contributed by atoms with Crippen LogP contribution in [0, 0.1) is 6.92 Å². The number of nitrogens with zero attached hydrogens (tertiary/aromatic N) is 3. The minimum Gasteiger partial charge on any atom is -0.279 e. The molecule has 0 aliphatic heterocycles. The van der Waals surface area contributed by atoms with Gasteiger partial charge in [0, 0.05) is 0 Å². The van der Waals surface area contributed by atoms with Crippen molar-refractivity contribution < 1.29 is 0 Å². The monoisotopic (exact) mass is 178 g/mol. The minimum atomic E-state index is 0.314. The van der Waals surface area contributed by atoms with Crippen LogP contribution in [-0.2, 0) is 0 Å². The largest absolute Gasteiger partial charge is 0.279 e. The van der Waals surface area contributed by atoms with Crippen molar-refractivity contribution in [2.75, 3.05) is 0 Å². The third-order valence-corrected chi connectivity index (χ3v) is 1.52. The first-order valence-electron chi connectivity index (χ1n) is 2.48. The minimum absolute atomic E-state index is 0.314. The summed E-state index contributed by atoms with van der Waals surface area (Å²) in [6.07, 6.45) is 0. The van der Waals surface area contributed by atoms with Crippen LogP contribution in [0.2, 0.25) is 5.02 Å². The lowest BCUT2D eigenvalue weighted by Crippen LogP contribution is -1.67. The van der Waals surface area contributed by atoms with Gasteiger partial charge in [-0.3, -0.25) is 5.10 Å². The van der Waals surface area contributed by atoms with Gasteiger partial charge in [-0.1, -0.05) is 16.2 Å². The summed E-state index contributed by atoms with van der Waals surface area (Å²) >= 11 is 10.6. The van der Waals surface area contributed by atoms with E-state index in [-0.39, 0.29) is 0 Å². The molecule has 0 aliphatic carbocycles. The van der Waals surface area contributed by atoms with Gasteiger partial charge < -0.3 is 0 Å². The molecule has 1 N–H and O–H groups in total. The number of rotatable bonds is 1. The van der Waals surface area contributed by atoms with Crippen molar-refractivity contribution in [1.29, 1.82) is 0 Å². The molecule has 4 nitrogen and oxygen atoms in total. The Hall–Kier alpha value is -0.610. The van der Waals surface area contributed by atoms with Crippen LogP contribution in [-0.4, -0.2) is 10.2 Å². The van der Waals surface area contributed by atoms with Gasteiger partial charge in [0.1, 0.15) is 5.02 Å². The number of aromatic nitrogens is 2. The van der Waals surface area contributed by atoms with Crippen molar-refractivity contribution >= 4 is 29.2 Å². The molecule has 10 heavy (non-hydrogen) atoms. The first-order chi connectivity index (χ1) is 4.75. The van der Waals surface area contributed by atoms with Crippen LogP contribution in [0.15, 0.2) is 9.75 Å². The first-order valence-corrected chi connectivity index (χ1v) is 3.19. The van der Waals surface area contributed by atoms with Crippen molar-refractivity contribution in [2.45, 2.75) is 6.92 Å². The summed E-state index contributed by atoms with van der Waals surface area (Å²) in [5.41, 5.74) is 0.751. The third kappa shape index (κ3) is 1.27. The molecule has 0 unspecified atom stereocenters. The maximum atomic E-state index is 5.68. The SMILES string of the molecule is Cc1[nH]nc(N=NCl)c1Cl. The molecule has 1 rings (SSSR count). The predicted octanol–water partition coefficient (Wildman–Crippen LogP) is 2.61. The molecule has 1 aromatic rings. The summed E-state index contributed by atoms with van der Waals surface area (Å²) in [5.74, 6) is 0.314. The van der Waals surface area contributed by atoms with E-state index in [1.807, 2.05) is 0 Å². The summed E-state index contributed by atoms with van der Waals surface area (Å²) in [6, 6.07) is 0. The van der Waals surface area contributed by atoms with E-state index in [0.29, 0.717) is 10.8 Å². The van der Waals surface area contributed by atoms with E-state index in [1.54, 1.807) is 6.92 Å². The molecule has 0 saturated heterocycles. The molecule has 0 aromatic carbocycles. The van der Waals surface area contributed by atoms with Crippen LogP contribution in [0.25, 0.3) is 0 Å². The number of aryl methyl sites for hydroxylation is 1. The maximum absolute atomic E-state index is 5.68. The van der Waals surface area contributed by atoms with E-state index < -0.39 is 0 Å². The van der Waals surface area contributed by atoms with Crippen molar-refractivity contribution in [1.82, 2.24) is 10.2 Å². The lowest BCUT2D eigenvalue weighted by Gasteiger charge is -1.81. The topological polar surface area (TPSA) is 53.4 Å². The van der Waals surface area contributed by atoms with Gasteiger partial charge in [0.25, 0.3) is 0 Å². The summed E-state index contributed by atoms with van der Waals surface area (Å²) < 4.78 is 3.01. The molecule has 0 bridgehead atoms. The van der Waals surface area contributed by atoms with Crippen LogP contribution in [0.5, 0.6) is 0 Å². The zero-order valence-electron chi connectivity index (χ0n) is 5.10. The molecule has 0 radical (unpaired) electrons.